The minimum atomic E-state index is -1.03. The number of hydrogen-bond acceptors (Lipinski definition) is 3. The lowest BCUT2D eigenvalue weighted by atomic mass is 10.1. The van der Waals surface area contributed by atoms with Crippen molar-refractivity contribution < 1.29 is 19.1 Å². The number of hydrogen-bond donors (Lipinski definition) is 1. The Labute approximate surface area is 144 Å². The van der Waals surface area contributed by atoms with E-state index in [1.807, 2.05) is 24.3 Å². The van der Waals surface area contributed by atoms with Crippen molar-refractivity contribution in [3.8, 4) is 0 Å². The smallest absolute Gasteiger partial charge is 0.339 e. The molecule has 1 amide bonds. The molecule has 0 spiro atoms. The highest BCUT2D eigenvalue weighted by molar-refractivity contribution is 6.31. The average molecular weight is 348 g/mol. The van der Waals surface area contributed by atoms with E-state index in [1.54, 1.807) is 18.9 Å². The lowest BCUT2D eigenvalue weighted by Gasteiger charge is -2.16. The molecule has 126 valence electrons. The fourth-order valence-corrected chi connectivity index (χ4v) is 3.29. The van der Waals surface area contributed by atoms with Gasteiger partial charge in [0.2, 0.25) is 5.91 Å². The van der Waals surface area contributed by atoms with Crippen LogP contribution in [-0.2, 0) is 11.3 Å². The first-order valence-corrected chi connectivity index (χ1v) is 8.08. The minimum Gasteiger partial charge on any atom is -0.478 e. The highest BCUT2D eigenvalue weighted by atomic mass is 35.5. The van der Waals surface area contributed by atoms with Crippen LogP contribution >= 0.6 is 11.6 Å². The van der Waals surface area contributed by atoms with Crippen LogP contribution in [-0.4, -0.2) is 28.9 Å². The molecule has 0 saturated heterocycles. The third-order valence-corrected chi connectivity index (χ3v) is 4.72. The summed E-state index contributed by atoms with van der Waals surface area (Å²) in [6.07, 6.45) is 0.782. The normalized spacial score (nSPS) is 19.1. The number of carbonyl (C=O) groups excluding carboxylic acids is 1. The van der Waals surface area contributed by atoms with Gasteiger partial charge in [-0.15, -0.1) is 0 Å². The Bertz CT molecular complexity index is 798. The van der Waals surface area contributed by atoms with Gasteiger partial charge in [-0.3, -0.25) is 4.79 Å². The van der Waals surface area contributed by atoms with Crippen molar-refractivity contribution >= 4 is 23.5 Å². The molecule has 1 aliphatic carbocycles. The topological polar surface area (TPSA) is 70.8 Å². The third-order valence-electron chi connectivity index (χ3n) is 4.38. The van der Waals surface area contributed by atoms with Crippen molar-refractivity contribution in [2.45, 2.75) is 25.8 Å². The molecular formula is C18H18ClNO4. The van der Waals surface area contributed by atoms with Crippen LogP contribution < -0.4 is 0 Å². The predicted octanol–water partition coefficient (Wildman–Crippen LogP) is 3.70. The molecule has 6 heteroatoms. The van der Waals surface area contributed by atoms with Crippen molar-refractivity contribution in [1.82, 2.24) is 4.90 Å². The maximum atomic E-state index is 12.6. The Hall–Kier alpha value is -2.27. The van der Waals surface area contributed by atoms with Gasteiger partial charge in [-0.1, -0.05) is 29.8 Å². The maximum absolute atomic E-state index is 12.6. The van der Waals surface area contributed by atoms with Crippen LogP contribution in [0.1, 0.15) is 39.8 Å². The van der Waals surface area contributed by atoms with Crippen LogP contribution in [0.3, 0.4) is 0 Å². The van der Waals surface area contributed by atoms with Crippen LogP contribution in [0.5, 0.6) is 0 Å². The molecule has 0 aliphatic heterocycles. The number of aryl methyl sites for hydroxylation is 1. The number of carbonyl (C=O) groups is 2. The van der Waals surface area contributed by atoms with E-state index >= 15 is 0 Å². The number of carboxylic acids is 1. The summed E-state index contributed by atoms with van der Waals surface area (Å²) in [7, 11) is 1.70. The SMILES string of the molecule is Cc1oc(CN(C)C(=O)C2CC2c2ccccc2Cl)cc1C(=O)O. The molecule has 2 atom stereocenters. The Morgan fingerprint density at radius 3 is 2.71 bits per heavy atom. The monoisotopic (exact) mass is 347 g/mol. The van der Waals surface area contributed by atoms with Gasteiger partial charge in [0.1, 0.15) is 17.1 Å². The van der Waals surface area contributed by atoms with Crippen molar-refractivity contribution in [1.29, 1.82) is 0 Å². The molecule has 1 heterocycles. The summed E-state index contributed by atoms with van der Waals surface area (Å²) >= 11 is 6.19. The molecule has 3 rings (SSSR count). The van der Waals surface area contributed by atoms with Gasteiger partial charge < -0.3 is 14.4 Å². The van der Waals surface area contributed by atoms with E-state index in [4.69, 9.17) is 21.1 Å². The highest BCUT2D eigenvalue weighted by Gasteiger charge is 2.46. The Balaban J connectivity index is 1.65. The highest BCUT2D eigenvalue weighted by Crippen LogP contribution is 2.50. The number of benzene rings is 1. The summed E-state index contributed by atoms with van der Waals surface area (Å²) in [4.78, 5) is 25.2. The van der Waals surface area contributed by atoms with E-state index in [0.717, 1.165) is 12.0 Å². The molecule has 24 heavy (non-hydrogen) atoms. The van der Waals surface area contributed by atoms with E-state index < -0.39 is 5.97 Å². The summed E-state index contributed by atoms with van der Waals surface area (Å²) in [5.74, 6) is -0.121. The van der Waals surface area contributed by atoms with Crippen LogP contribution in [0, 0.1) is 12.8 Å². The number of aromatic carboxylic acids is 1. The molecule has 1 N–H and O–H groups in total. The van der Waals surface area contributed by atoms with Gasteiger partial charge in [-0.2, -0.15) is 0 Å². The Morgan fingerprint density at radius 1 is 1.38 bits per heavy atom. The third kappa shape index (κ3) is 3.17. The van der Waals surface area contributed by atoms with Crippen molar-refractivity contribution in [3.05, 3.63) is 58.0 Å². The van der Waals surface area contributed by atoms with Gasteiger partial charge in [-0.25, -0.2) is 4.79 Å². The van der Waals surface area contributed by atoms with Gasteiger partial charge >= 0.3 is 5.97 Å². The average Bonchev–Trinajstić information content (AvgIpc) is 3.23. The van der Waals surface area contributed by atoms with Crippen molar-refractivity contribution in [2.75, 3.05) is 7.05 Å². The Kier molecular flexibility index (Phi) is 4.37. The van der Waals surface area contributed by atoms with Crippen molar-refractivity contribution in [2.24, 2.45) is 5.92 Å². The summed E-state index contributed by atoms with van der Waals surface area (Å²) in [6, 6.07) is 9.05. The quantitative estimate of drug-likeness (QED) is 0.895. The lowest BCUT2D eigenvalue weighted by molar-refractivity contribution is -0.132. The van der Waals surface area contributed by atoms with Crippen molar-refractivity contribution in [3.63, 3.8) is 0 Å². The van der Waals surface area contributed by atoms with Gasteiger partial charge in [0.05, 0.1) is 6.54 Å². The molecule has 1 fully saturated rings. The standard InChI is InChI=1S/C18H18ClNO4/c1-10-13(18(22)23)7-11(24-10)9-20(2)17(21)15-8-14(15)12-5-3-4-6-16(12)19/h3-7,14-15H,8-9H2,1-2H3,(H,22,23). The van der Waals surface area contributed by atoms with Crippen LogP contribution in [0.15, 0.2) is 34.7 Å². The summed E-state index contributed by atoms with van der Waals surface area (Å²) in [5.41, 5.74) is 1.14. The second kappa shape index (κ2) is 6.32. The zero-order chi connectivity index (χ0) is 17.4. The van der Waals surface area contributed by atoms with Crippen LogP contribution in [0.25, 0.3) is 0 Å². The van der Waals surface area contributed by atoms with E-state index in [9.17, 15) is 9.59 Å². The zero-order valence-electron chi connectivity index (χ0n) is 13.5. The minimum absolute atomic E-state index is 0.0193. The molecule has 1 aliphatic rings. The fraction of sp³-hybridized carbons (Fsp3) is 0.333. The predicted molar refractivity (Wildman–Crippen MR) is 89.2 cm³/mol. The number of rotatable bonds is 5. The second-order valence-electron chi connectivity index (χ2n) is 6.15. The molecule has 1 saturated carbocycles. The molecule has 0 bridgehead atoms. The Morgan fingerprint density at radius 2 is 2.08 bits per heavy atom. The van der Waals surface area contributed by atoms with E-state index in [2.05, 4.69) is 0 Å². The first kappa shape index (κ1) is 16.6. The van der Waals surface area contributed by atoms with Gasteiger partial charge in [-0.05, 0) is 37.0 Å². The van der Waals surface area contributed by atoms with Gasteiger partial charge in [0, 0.05) is 18.0 Å². The molecule has 0 radical (unpaired) electrons. The first-order chi connectivity index (χ1) is 11.4. The van der Waals surface area contributed by atoms with Gasteiger partial charge in [0.15, 0.2) is 0 Å². The second-order valence-corrected chi connectivity index (χ2v) is 6.56. The van der Waals surface area contributed by atoms with E-state index in [0.29, 0.717) is 16.5 Å². The van der Waals surface area contributed by atoms with Crippen LogP contribution in [0.2, 0.25) is 5.02 Å². The number of amides is 1. The first-order valence-electron chi connectivity index (χ1n) is 7.70. The number of carboxylic acid groups (broad SMARTS) is 1. The molecule has 1 aromatic carbocycles. The van der Waals surface area contributed by atoms with Crippen LogP contribution in [0.4, 0.5) is 0 Å². The van der Waals surface area contributed by atoms with E-state index in [-0.39, 0.29) is 29.9 Å². The van der Waals surface area contributed by atoms with E-state index in [1.165, 1.54) is 6.07 Å². The maximum Gasteiger partial charge on any atom is 0.339 e. The molecule has 2 unspecified atom stereocenters. The largest absolute Gasteiger partial charge is 0.478 e. The molecule has 5 nitrogen and oxygen atoms in total. The number of halogens is 1. The zero-order valence-corrected chi connectivity index (χ0v) is 14.2. The summed E-state index contributed by atoms with van der Waals surface area (Å²) < 4.78 is 5.43. The number of furan rings is 1. The van der Waals surface area contributed by atoms with Gasteiger partial charge in [0.25, 0.3) is 0 Å². The molecular weight excluding hydrogens is 330 g/mol. The lowest BCUT2D eigenvalue weighted by Crippen LogP contribution is -2.27. The number of nitrogens with zero attached hydrogens (tertiary/aromatic N) is 1. The fourth-order valence-electron chi connectivity index (χ4n) is 3.02. The summed E-state index contributed by atoms with van der Waals surface area (Å²) in [5, 5.41) is 9.74. The summed E-state index contributed by atoms with van der Waals surface area (Å²) in [6.45, 7) is 1.85. The molecule has 2 aromatic rings. The molecule has 1 aromatic heterocycles.